The van der Waals surface area contributed by atoms with Gasteiger partial charge < -0.3 is 25.2 Å². The number of aromatic nitrogens is 2. The average Bonchev–Trinajstić information content (AvgIpc) is 3.21. The average molecular weight is 499 g/mol. The molecule has 2 N–H and O–H groups in total. The molecule has 3 heterocycles. The molecule has 2 aromatic rings. The highest BCUT2D eigenvalue weighted by atomic mass is 35.5. The Labute approximate surface area is 200 Å². The summed E-state index contributed by atoms with van der Waals surface area (Å²) in [6.45, 7) is 4.15. The zero-order valence-corrected chi connectivity index (χ0v) is 19.3. The first-order valence-electron chi connectivity index (χ1n) is 11.2. The summed E-state index contributed by atoms with van der Waals surface area (Å²) in [6, 6.07) is 5.31. The van der Waals surface area contributed by atoms with Crippen molar-refractivity contribution in [3.63, 3.8) is 0 Å². The molecular weight excluding hydrogens is 473 g/mol. The summed E-state index contributed by atoms with van der Waals surface area (Å²) < 4.78 is 45.7. The lowest BCUT2D eigenvalue weighted by Gasteiger charge is -2.29. The zero-order valence-electron chi connectivity index (χ0n) is 18.5. The number of carbonyl (C=O) groups excluding carboxylic acids is 1. The van der Waals surface area contributed by atoms with E-state index in [4.69, 9.17) is 16.3 Å². The van der Waals surface area contributed by atoms with E-state index >= 15 is 0 Å². The van der Waals surface area contributed by atoms with Gasteiger partial charge in [0, 0.05) is 51.0 Å². The van der Waals surface area contributed by atoms with Gasteiger partial charge in [-0.3, -0.25) is 4.79 Å². The third kappa shape index (κ3) is 6.01. The lowest BCUT2D eigenvalue weighted by Crippen LogP contribution is -2.36. The van der Waals surface area contributed by atoms with Crippen LogP contribution in [-0.4, -0.2) is 66.7 Å². The van der Waals surface area contributed by atoms with E-state index in [9.17, 15) is 18.0 Å². The van der Waals surface area contributed by atoms with Crippen LogP contribution in [0.2, 0.25) is 5.02 Å². The van der Waals surface area contributed by atoms with E-state index in [0.29, 0.717) is 49.9 Å². The molecule has 2 fully saturated rings. The van der Waals surface area contributed by atoms with Crippen molar-refractivity contribution in [1.82, 2.24) is 14.9 Å². The molecule has 184 valence electrons. The number of rotatable bonds is 8. The topological polar surface area (TPSA) is 82.6 Å². The number of hydrogen-bond acceptors (Lipinski definition) is 7. The molecule has 8 nitrogen and oxygen atoms in total. The summed E-state index contributed by atoms with van der Waals surface area (Å²) >= 11 is 6.44. The molecule has 0 spiro atoms. The minimum absolute atomic E-state index is 0.0143. The Kier molecular flexibility index (Phi) is 7.62. The van der Waals surface area contributed by atoms with Crippen LogP contribution in [-0.2, 0) is 15.7 Å². The molecule has 2 saturated heterocycles. The number of hydrogen-bond donors (Lipinski definition) is 2. The number of benzene rings is 1. The highest BCUT2D eigenvalue weighted by Crippen LogP contribution is 2.35. The molecule has 4 rings (SSSR count). The van der Waals surface area contributed by atoms with E-state index < -0.39 is 11.7 Å². The summed E-state index contributed by atoms with van der Waals surface area (Å²) in [7, 11) is 0. The van der Waals surface area contributed by atoms with Gasteiger partial charge in [-0.05, 0) is 31.0 Å². The predicted molar refractivity (Wildman–Crippen MR) is 124 cm³/mol. The molecule has 0 bridgehead atoms. The molecule has 1 amide bonds. The highest BCUT2D eigenvalue weighted by molar-refractivity contribution is 6.33. The van der Waals surface area contributed by atoms with Gasteiger partial charge in [-0.25, -0.2) is 4.98 Å². The maximum absolute atomic E-state index is 13.5. The van der Waals surface area contributed by atoms with Gasteiger partial charge >= 0.3 is 6.18 Å². The maximum Gasteiger partial charge on any atom is 0.421 e. The van der Waals surface area contributed by atoms with Crippen LogP contribution in [0.3, 0.4) is 0 Å². The smallest absolute Gasteiger partial charge is 0.378 e. The van der Waals surface area contributed by atoms with Crippen molar-refractivity contribution in [1.29, 1.82) is 0 Å². The second kappa shape index (κ2) is 10.6. The first kappa shape index (κ1) is 24.3. The predicted octanol–water partition coefficient (Wildman–Crippen LogP) is 4.15. The van der Waals surface area contributed by atoms with Gasteiger partial charge in [-0.15, -0.1) is 0 Å². The molecule has 0 saturated carbocycles. The second-order valence-electron chi connectivity index (χ2n) is 8.11. The lowest BCUT2D eigenvalue weighted by molar-refractivity contribution is -0.137. The number of carbonyl (C=O) groups is 1. The number of amides is 1. The molecule has 1 aromatic heterocycles. The molecule has 0 unspecified atom stereocenters. The Bertz CT molecular complexity index is 1020. The van der Waals surface area contributed by atoms with E-state index in [0.717, 1.165) is 31.4 Å². The van der Waals surface area contributed by atoms with Crippen molar-refractivity contribution in [2.75, 3.05) is 61.5 Å². The number of anilines is 4. The van der Waals surface area contributed by atoms with Gasteiger partial charge in [0.15, 0.2) is 0 Å². The number of halogens is 4. The van der Waals surface area contributed by atoms with E-state index in [1.54, 1.807) is 17.0 Å². The lowest BCUT2D eigenvalue weighted by atomic mass is 10.2. The summed E-state index contributed by atoms with van der Waals surface area (Å²) in [5.74, 6) is -0.211. The minimum atomic E-state index is -4.60. The molecular formula is C22H26ClF3N6O2. The summed E-state index contributed by atoms with van der Waals surface area (Å²) in [4.78, 5) is 23.4. The Balaban J connectivity index is 1.43. The number of morpholine rings is 1. The van der Waals surface area contributed by atoms with Crippen LogP contribution in [0.25, 0.3) is 0 Å². The third-order valence-electron chi connectivity index (χ3n) is 5.72. The van der Waals surface area contributed by atoms with E-state index in [1.165, 1.54) is 0 Å². The van der Waals surface area contributed by atoms with Gasteiger partial charge in [0.2, 0.25) is 11.9 Å². The third-order valence-corrected chi connectivity index (χ3v) is 6.02. The fourth-order valence-electron chi connectivity index (χ4n) is 3.98. The molecule has 1 aromatic carbocycles. The number of nitrogens with one attached hydrogen (secondary N) is 2. The van der Waals surface area contributed by atoms with Crippen LogP contribution >= 0.6 is 11.6 Å². The normalized spacial score (nSPS) is 16.8. The molecule has 2 aliphatic rings. The zero-order chi connectivity index (χ0) is 24.1. The monoisotopic (exact) mass is 498 g/mol. The first-order chi connectivity index (χ1) is 16.3. The summed E-state index contributed by atoms with van der Waals surface area (Å²) in [6.07, 6.45) is -1.98. The fraction of sp³-hybridized carbons (Fsp3) is 0.500. The molecule has 0 aliphatic carbocycles. The second-order valence-corrected chi connectivity index (χ2v) is 8.52. The molecule has 34 heavy (non-hydrogen) atoms. The van der Waals surface area contributed by atoms with Gasteiger partial charge in [-0.1, -0.05) is 11.6 Å². The van der Waals surface area contributed by atoms with Crippen LogP contribution < -0.4 is 15.5 Å². The van der Waals surface area contributed by atoms with Crippen LogP contribution in [0.15, 0.2) is 24.4 Å². The van der Waals surface area contributed by atoms with E-state index in [-0.39, 0.29) is 24.2 Å². The van der Waals surface area contributed by atoms with Crippen molar-refractivity contribution >= 4 is 40.6 Å². The van der Waals surface area contributed by atoms with Crippen LogP contribution in [0.1, 0.15) is 24.8 Å². The molecule has 0 atom stereocenters. The summed E-state index contributed by atoms with van der Waals surface area (Å²) in [5.41, 5.74) is 0.471. The van der Waals surface area contributed by atoms with E-state index in [2.05, 4.69) is 25.5 Å². The fourth-order valence-corrected chi connectivity index (χ4v) is 4.28. The van der Waals surface area contributed by atoms with Gasteiger partial charge in [0.1, 0.15) is 11.4 Å². The molecule has 2 aliphatic heterocycles. The quantitative estimate of drug-likeness (QED) is 0.529. The van der Waals surface area contributed by atoms with Crippen LogP contribution in [0.4, 0.5) is 36.3 Å². The number of likely N-dealkylation sites (tertiary alicyclic amines) is 1. The van der Waals surface area contributed by atoms with Crippen molar-refractivity contribution in [2.24, 2.45) is 0 Å². The Morgan fingerprint density at radius 2 is 1.97 bits per heavy atom. The van der Waals surface area contributed by atoms with E-state index in [1.807, 2.05) is 6.07 Å². The van der Waals surface area contributed by atoms with Crippen molar-refractivity contribution in [3.8, 4) is 0 Å². The van der Waals surface area contributed by atoms with Crippen molar-refractivity contribution < 1.29 is 22.7 Å². The largest absolute Gasteiger partial charge is 0.421 e. The van der Waals surface area contributed by atoms with Gasteiger partial charge in [-0.2, -0.15) is 18.2 Å². The maximum atomic E-state index is 13.5. The van der Waals surface area contributed by atoms with Crippen molar-refractivity contribution in [2.45, 2.75) is 25.4 Å². The highest BCUT2D eigenvalue weighted by Gasteiger charge is 2.35. The summed E-state index contributed by atoms with van der Waals surface area (Å²) in [5, 5.41) is 6.19. The molecule has 0 radical (unpaired) electrons. The standard InChI is InChI=1S/C22H26ClF3N6O2/c23-17-13-15(4-5-18(17)31-9-11-34-12-10-31)29-21-28-14-16(22(24,25)26)20(30-21)27-6-2-8-32-7-1-3-19(32)33/h4-5,13-14H,1-3,6-12H2,(H2,27,28,29,30). The Morgan fingerprint density at radius 3 is 2.65 bits per heavy atom. The Hall–Kier alpha value is -2.79. The van der Waals surface area contributed by atoms with Gasteiger partial charge in [0.05, 0.1) is 23.9 Å². The SMILES string of the molecule is O=C1CCCN1CCCNc1nc(Nc2ccc(N3CCOCC3)c(Cl)c2)ncc1C(F)(F)F. The van der Waals surface area contributed by atoms with Crippen LogP contribution in [0.5, 0.6) is 0 Å². The molecule has 12 heteroatoms. The number of alkyl halides is 3. The Morgan fingerprint density at radius 1 is 1.18 bits per heavy atom. The van der Waals surface area contributed by atoms with Gasteiger partial charge in [0.25, 0.3) is 0 Å². The first-order valence-corrected chi connectivity index (χ1v) is 11.5. The number of nitrogens with zero attached hydrogens (tertiary/aromatic N) is 4. The minimum Gasteiger partial charge on any atom is -0.378 e. The number of ether oxygens (including phenoxy) is 1. The van der Waals surface area contributed by atoms with Crippen LogP contribution in [0, 0.1) is 0 Å². The van der Waals surface area contributed by atoms with Crippen molar-refractivity contribution in [3.05, 3.63) is 35.0 Å².